The summed E-state index contributed by atoms with van der Waals surface area (Å²) in [5.74, 6) is 0.780. The topological polar surface area (TPSA) is 73.0 Å². The van der Waals surface area contributed by atoms with Crippen LogP contribution in [-0.4, -0.2) is 37.3 Å². The fourth-order valence-corrected chi connectivity index (χ4v) is 5.15. The predicted octanol–water partition coefficient (Wildman–Crippen LogP) is 1.46. The van der Waals surface area contributed by atoms with Crippen LogP contribution >= 0.6 is 11.3 Å². The van der Waals surface area contributed by atoms with Crippen molar-refractivity contribution >= 4 is 11.3 Å². The molecule has 0 bridgehead atoms. The third-order valence-electron chi connectivity index (χ3n) is 5.87. The minimum atomic E-state index is -0.528. The fourth-order valence-electron chi connectivity index (χ4n) is 4.46. The minimum absolute atomic E-state index is 0.147. The van der Waals surface area contributed by atoms with E-state index >= 15 is 0 Å². The maximum absolute atomic E-state index is 12.7. The molecule has 5 heterocycles. The zero-order chi connectivity index (χ0) is 19.1. The lowest BCUT2D eigenvalue weighted by Crippen LogP contribution is -2.45. The van der Waals surface area contributed by atoms with Crippen LogP contribution < -0.4 is 11.1 Å². The van der Waals surface area contributed by atoms with Crippen molar-refractivity contribution in [2.75, 3.05) is 13.1 Å². The second kappa shape index (κ2) is 6.79. The molecule has 3 aromatic heterocycles. The van der Waals surface area contributed by atoms with Gasteiger partial charge in [0, 0.05) is 42.3 Å². The first kappa shape index (κ1) is 17.5. The zero-order valence-electron chi connectivity index (χ0n) is 15.5. The average Bonchev–Trinajstić information content (AvgIpc) is 3.43. The third-order valence-corrected chi connectivity index (χ3v) is 6.73. The van der Waals surface area contributed by atoms with Gasteiger partial charge in [0.2, 0.25) is 0 Å². The first-order valence-electron chi connectivity index (χ1n) is 9.51. The van der Waals surface area contributed by atoms with Gasteiger partial charge in [-0.15, -0.1) is 11.3 Å². The molecule has 0 radical (unpaired) electrons. The van der Waals surface area contributed by atoms with E-state index in [-0.39, 0.29) is 5.41 Å². The Balaban J connectivity index is 1.46. The molecule has 144 valence electrons. The summed E-state index contributed by atoms with van der Waals surface area (Å²) in [7, 11) is 0. The maximum atomic E-state index is 12.7. The van der Waals surface area contributed by atoms with Crippen molar-refractivity contribution in [1.82, 2.24) is 24.2 Å². The minimum Gasteiger partial charge on any atom is -0.298 e. The molecule has 1 fully saturated rings. The Hall–Kier alpha value is -2.58. The summed E-state index contributed by atoms with van der Waals surface area (Å²) in [5, 5.41) is 6.67. The van der Waals surface area contributed by atoms with Crippen molar-refractivity contribution in [3.8, 4) is 0 Å². The van der Waals surface area contributed by atoms with Gasteiger partial charge in [0.15, 0.2) is 0 Å². The SMILES string of the molecule is O=c1c(=O)n2c(nn1Cc1cccs1)[C@]1(CCN(Cc3cccnc3)C1)CC2. The molecule has 0 aliphatic carbocycles. The van der Waals surface area contributed by atoms with Gasteiger partial charge in [-0.1, -0.05) is 12.1 Å². The summed E-state index contributed by atoms with van der Waals surface area (Å²) in [6.45, 7) is 3.58. The van der Waals surface area contributed by atoms with Gasteiger partial charge in [-0.05, 0) is 42.5 Å². The zero-order valence-corrected chi connectivity index (χ0v) is 16.3. The second-order valence-corrected chi connectivity index (χ2v) is 8.71. The van der Waals surface area contributed by atoms with Gasteiger partial charge >= 0.3 is 11.1 Å². The lowest BCUT2D eigenvalue weighted by atomic mass is 9.85. The molecule has 1 saturated heterocycles. The van der Waals surface area contributed by atoms with Crippen LogP contribution in [0.3, 0.4) is 0 Å². The summed E-state index contributed by atoms with van der Waals surface area (Å²) >= 11 is 1.57. The highest BCUT2D eigenvalue weighted by Gasteiger charge is 2.47. The Bertz CT molecular complexity index is 1110. The van der Waals surface area contributed by atoms with Crippen molar-refractivity contribution in [1.29, 1.82) is 0 Å². The molecule has 2 aliphatic rings. The van der Waals surface area contributed by atoms with Gasteiger partial charge in [-0.3, -0.25) is 24.0 Å². The number of fused-ring (bicyclic) bond motifs is 2. The van der Waals surface area contributed by atoms with Crippen LogP contribution in [0.5, 0.6) is 0 Å². The molecule has 28 heavy (non-hydrogen) atoms. The maximum Gasteiger partial charge on any atom is 0.332 e. The summed E-state index contributed by atoms with van der Waals surface area (Å²) < 4.78 is 2.97. The van der Waals surface area contributed by atoms with Crippen molar-refractivity contribution in [2.24, 2.45) is 0 Å². The van der Waals surface area contributed by atoms with E-state index in [1.54, 1.807) is 22.1 Å². The Labute approximate surface area is 165 Å². The van der Waals surface area contributed by atoms with E-state index in [0.29, 0.717) is 13.1 Å². The number of rotatable bonds is 4. The van der Waals surface area contributed by atoms with Crippen LogP contribution in [0.25, 0.3) is 0 Å². The number of nitrogens with zero attached hydrogens (tertiary/aromatic N) is 5. The molecule has 0 N–H and O–H groups in total. The van der Waals surface area contributed by atoms with E-state index in [1.165, 1.54) is 10.2 Å². The molecule has 3 aromatic rings. The van der Waals surface area contributed by atoms with Crippen LogP contribution in [-0.2, 0) is 25.0 Å². The largest absolute Gasteiger partial charge is 0.332 e. The molecule has 2 aliphatic heterocycles. The normalized spacial score (nSPS) is 21.4. The Morgan fingerprint density at radius 2 is 1.96 bits per heavy atom. The first-order chi connectivity index (χ1) is 13.6. The number of hydrogen-bond acceptors (Lipinski definition) is 6. The number of likely N-dealkylation sites (tertiary alicyclic amines) is 1. The predicted molar refractivity (Wildman–Crippen MR) is 107 cm³/mol. The number of hydrogen-bond donors (Lipinski definition) is 0. The number of thiophene rings is 1. The van der Waals surface area contributed by atoms with Crippen LogP contribution in [0.1, 0.15) is 29.1 Å². The second-order valence-electron chi connectivity index (χ2n) is 7.67. The number of pyridine rings is 1. The van der Waals surface area contributed by atoms with Gasteiger partial charge in [0.1, 0.15) is 5.82 Å². The Morgan fingerprint density at radius 1 is 1.07 bits per heavy atom. The molecular formula is C20H21N5O2S. The van der Waals surface area contributed by atoms with Crippen LogP contribution in [0.2, 0.25) is 0 Å². The molecule has 8 heteroatoms. The van der Waals surface area contributed by atoms with Crippen molar-refractivity contribution in [3.05, 3.63) is 79.0 Å². The van der Waals surface area contributed by atoms with Crippen LogP contribution in [0.15, 0.2) is 51.6 Å². The monoisotopic (exact) mass is 395 g/mol. The van der Waals surface area contributed by atoms with Gasteiger partial charge in [0.05, 0.1) is 6.54 Å². The molecule has 0 saturated carbocycles. The van der Waals surface area contributed by atoms with E-state index in [4.69, 9.17) is 5.10 Å². The molecule has 1 spiro atoms. The molecular weight excluding hydrogens is 374 g/mol. The molecule has 1 atom stereocenters. The van der Waals surface area contributed by atoms with Gasteiger partial charge < -0.3 is 0 Å². The standard InChI is InChI=1S/C20H21N5O2S/c26-17-18(27)25(13-16-4-2-10-28-16)22-19-20(6-9-24(17)19)5-8-23(14-20)12-15-3-1-7-21-11-15/h1-4,7,10-11H,5-6,8-9,12-14H2/t20-/m1/s1. The van der Waals surface area contributed by atoms with Gasteiger partial charge in [-0.25, -0.2) is 4.68 Å². The van der Waals surface area contributed by atoms with Gasteiger partial charge in [0.25, 0.3) is 0 Å². The Morgan fingerprint density at radius 3 is 2.75 bits per heavy atom. The molecule has 0 aromatic carbocycles. The Kier molecular flexibility index (Phi) is 4.25. The van der Waals surface area contributed by atoms with Crippen LogP contribution in [0.4, 0.5) is 0 Å². The van der Waals surface area contributed by atoms with Gasteiger partial charge in [-0.2, -0.15) is 5.10 Å². The lowest BCUT2D eigenvalue weighted by molar-refractivity contribution is 0.297. The summed E-state index contributed by atoms with van der Waals surface area (Å²) in [4.78, 5) is 32.8. The summed E-state index contributed by atoms with van der Waals surface area (Å²) in [6.07, 6.45) is 5.50. The fraction of sp³-hybridized carbons (Fsp3) is 0.400. The van der Waals surface area contributed by atoms with E-state index < -0.39 is 11.1 Å². The summed E-state index contributed by atoms with van der Waals surface area (Å²) in [6, 6.07) is 7.95. The smallest absolute Gasteiger partial charge is 0.298 e. The molecule has 5 rings (SSSR count). The quantitative estimate of drug-likeness (QED) is 0.626. The molecule has 7 nitrogen and oxygen atoms in total. The highest BCUT2D eigenvalue weighted by molar-refractivity contribution is 7.09. The van der Waals surface area contributed by atoms with E-state index in [2.05, 4.69) is 16.0 Å². The third kappa shape index (κ3) is 2.93. The van der Waals surface area contributed by atoms with E-state index in [9.17, 15) is 9.59 Å². The van der Waals surface area contributed by atoms with Crippen molar-refractivity contribution in [2.45, 2.75) is 37.9 Å². The molecule has 0 unspecified atom stereocenters. The van der Waals surface area contributed by atoms with E-state index in [1.807, 2.05) is 29.8 Å². The number of aromatic nitrogens is 4. The van der Waals surface area contributed by atoms with E-state index in [0.717, 1.165) is 43.2 Å². The summed E-state index contributed by atoms with van der Waals surface area (Å²) in [5.41, 5.74) is 0.0702. The lowest BCUT2D eigenvalue weighted by Gasteiger charge is -2.23. The average molecular weight is 395 g/mol. The highest BCUT2D eigenvalue weighted by Crippen LogP contribution is 2.40. The first-order valence-corrected chi connectivity index (χ1v) is 10.4. The van der Waals surface area contributed by atoms with Crippen LogP contribution in [0, 0.1) is 0 Å². The highest BCUT2D eigenvalue weighted by atomic mass is 32.1. The van der Waals surface area contributed by atoms with Crippen molar-refractivity contribution in [3.63, 3.8) is 0 Å². The van der Waals surface area contributed by atoms with Crippen molar-refractivity contribution < 1.29 is 0 Å². The molecule has 0 amide bonds.